The normalized spacial score (nSPS) is 19.8. The van der Waals surface area contributed by atoms with Crippen LogP contribution in [0.15, 0.2) is 166 Å². The summed E-state index contributed by atoms with van der Waals surface area (Å²) >= 11 is 0. The van der Waals surface area contributed by atoms with E-state index in [4.69, 9.17) is 30.8 Å². The number of benzene rings is 8. The minimum atomic E-state index is -1.06. The number of fused-ring (bicyclic) bond motifs is 8. The van der Waals surface area contributed by atoms with Crippen molar-refractivity contribution in [1.82, 2.24) is 0 Å². The Labute approximate surface area is 301 Å². The van der Waals surface area contributed by atoms with Crippen molar-refractivity contribution in [2.75, 3.05) is 0 Å². The lowest BCUT2D eigenvalue weighted by molar-refractivity contribution is 0.668. The molecule has 0 radical (unpaired) electrons. The topological polar surface area (TPSA) is 26.3 Å². The Morgan fingerprint density at radius 2 is 0.696 bits per heavy atom. The monoisotopic (exact) mass is 612 g/mol. The van der Waals surface area contributed by atoms with E-state index in [1.165, 1.54) is 0 Å². The maximum Gasteiger partial charge on any atom is 0.135 e. The number of para-hydroxylation sites is 2. The summed E-state index contributed by atoms with van der Waals surface area (Å²) in [5, 5.41) is -4.89. The SMILES string of the molecule is [2H]c1c([2H])c([2H])c(-c2c3c([2H])c([2H])c([2H])c([2H])c3c(-c3c([2H])c([2H])c4oc5c([2H])c([2H])c([2H])c([2H])c5c4c3[2H])c3c([2H])c(-c4c([2H])c([2H])c5oc6c([2H])c([2H])c([2H])c([2H])c6c5c4[2H])c([2H])c([2H])c23)c([2H])c1[2H]. The summed E-state index contributed by atoms with van der Waals surface area (Å²) in [6.07, 6.45) is 0. The number of furan rings is 2. The first-order valence-electron chi connectivity index (χ1n) is 26.6. The minimum Gasteiger partial charge on any atom is -0.456 e. The first-order chi connectivity index (χ1) is 33.6. The summed E-state index contributed by atoms with van der Waals surface area (Å²) in [7, 11) is 0. The quantitative estimate of drug-likeness (QED) is 0.186. The van der Waals surface area contributed by atoms with Gasteiger partial charge in [-0.3, -0.25) is 0 Å². The van der Waals surface area contributed by atoms with Crippen LogP contribution in [0.3, 0.4) is 0 Å². The highest BCUT2D eigenvalue weighted by Crippen LogP contribution is 2.46. The number of hydrogen-bond donors (Lipinski definition) is 0. The molecule has 46 heavy (non-hydrogen) atoms. The molecule has 214 valence electrons. The van der Waals surface area contributed by atoms with Crippen molar-refractivity contribution >= 4 is 65.4 Å². The third kappa shape index (κ3) is 3.71. The zero-order valence-corrected chi connectivity index (χ0v) is 22.8. The van der Waals surface area contributed by atoms with E-state index in [2.05, 4.69) is 0 Å². The van der Waals surface area contributed by atoms with Crippen LogP contribution in [0.1, 0.15) is 35.6 Å². The van der Waals surface area contributed by atoms with Crippen molar-refractivity contribution in [2.24, 2.45) is 0 Å². The Morgan fingerprint density at radius 1 is 0.283 bits per heavy atom. The molecule has 2 heteroatoms. The highest BCUT2D eigenvalue weighted by Gasteiger charge is 2.19. The van der Waals surface area contributed by atoms with Crippen LogP contribution >= 0.6 is 0 Å². The second-order valence-electron chi connectivity index (χ2n) is 10.0. The Kier molecular flexibility index (Phi) is 2.26. The second-order valence-corrected chi connectivity index (χ2v) is 10.0. The van der Waals surface area contributed by atoms with Crippen LogP contribution in [0.4, 0.5) is 0 Å². The average Bonchev–Trinajstić information content (AvgIpc) is 3.96. The van der Waals surface area contributed by atoms with Gasteiger partial charge in [-0.2, -0.15) is 0 Å². The van der Waals surface area contributed by atoms with Crippen LogP contribution in [0.2, 0.25) is 0 Å². The molecule has 0 saturated carbocycles. The molecule has 0 amide bonds. The standard InChI is InChI=1S/C44H26O2/c1-2-10-27(11-3-1)43-33-14-4-5-15-34(33)44(30-20-23-42-37(26-30)32-13-7-9-17-40(32)46-42)38-25-28(18-21-35(38)43)29-19-22-41-36(24-29)31-12-6-8-16-39(31)45-41/h1-26H/i1D,2D,3D,4D,5D,6D,7D,8D,9D,10D,11D,12D,13D,14D,15D,16D,17D,18D,19D,20D,21D,22D,23D,24D,25D,26D. The lowest BCUT2D eigenvalue weighted by Gasteiger charge is -2.19. The van der Waals surface area contributed by atoms with Crippen LogP contribution in [0, 0.1) is 0 Å². The third-order valence-corrected chi connectivity index (χ3v) is 7.52. The Hall–Kier alpha value is -6.12. The van der Waals surface area contributed by atoms with Crippen molar-refractivity contribution in [3.8, 4) is 33.4 Å². The molecule has 0 aliphatic heterocycles. The summed E-state index contributed by atoms with van der Waals surface area (Å²) in [5.41, 5.74) is -6.93. The molecule has 2 nitrogen and oxygen atoms in total. The molecule has 0 spiro atoms. The van der Waals surface area contributed by atoms with E-state index >= 15 is 0 Å². The van der Waals surface area contributed by atoms with E-state index in [-0.39, 0.29) is 0 Å². The summed E-state index contributed by atoms with van der Waals surface area (Å²) < 4.78 is 245. The lowest BCUT2D eigenvalue weighted by Crippen LogP contribution is -1.91. The van der Waals surface area contributed by atoms with Gasteiger partial charge in [0.1, 0.15) is 22.3 Å². The predicted molar refractivity (Wildman–Crippen MR) is 192 cm³/mol. The van der Waals surface area contributed by atoms with Gasteiger partial charge in [-0.15, -0.1) is 0 Å². The van der Waals surface area contributed by atoms with E-state index in [1.54, 1.807) is 0 Å². The van der Waals surface area contributed by atoms with Gasteiger partial charge in [0.25, 0.3) is 0 Å². The fourth-order valence-electron chi connectivity index (χ4n) is 5.57. The Bertz CT molecular complexity index is 4260. The van der Waals surface area contributed by atoms with E-state index in [0.717, 1.165) is 0 Å². The zero-order valence-electron chi connectivity index (χ0n) is 48.8. The highest BCUT2D eigenvalue weighted by atomic mass is 16.3. The summed E-state index contributed by atoms with van der Waals surface area (Å²) in [5.74, 6) is 0. The largest absolute Gasteiger partial charge is 0.456 e. The molecular formula is C44H26O2. The van der Waals surface area contributed by atoms with E-state index in [9.17, 15) is 13.7 Å². The van der Waals surface area contributed by atoms with Gasteiger partial charge < -0.3 is 8.83 Å². The molecule has 0 aliphatic carbocycles. The smallest absolute Gasteiger partial charge is 0.135 e. The van der Waals surface area contributed by atoms with Crippen molar-refractivity contribution in [1.29, 1.82) is 0 Å². The van der Waals surface area contributed by atoms with Crippen molar-refractivity contribution in [3.05, 3.63) is 157 Å². The maximum absolute atomic E-state index is 10.1. The fourth-order valence-corrected chi connectivity index (χ4v) is 5.57. The molecule has 10 aromatic rings. The number of rotatable bonds is 3. The fraction of sp³-hybridized carbons (Fsp3) is 0. The van der Waals surface area contributed by atoms with E-state index in [1.807, 2.05) is 0 Å². The second kappa shape index (κ2) is 9.69. The van der Waals surface area contributed by atoms with Crippen LogP contribution in [0.5, 0.6) is 0 Å². The Balaban J connectivity index is 1.56. The van der Waals surface area contributed by atoms with Crippen molar-refractivity contribution in [2.45, 2.75) is 0 Å². The van der Waals surface area contributed by atoms with E-state index in [0.29, 0.717) is 0 Å². The van der Waals surface area contributed by atoms with Crippen LogP contribution in [-0.4, -0.2) is 0 Å². The van der Waals surface area contributed by atoms with E-state index < -0.39 is 256 Å². The molecule has 8 aromatic carbocycles. The molecule has 0 fully saturated rings. The molecule has 0 atom stereocenters. The van der Waals surface area contributed by atoms with Crippen LogP contribution < -0.4 is 0 Å². The van der Waals surface area contributed by atoms with Gasteiger partial charge in [0.2, 0.25) is 0 Å². The van der Waals surface area contributed by atoms with Gasteiger partial charge in [-0.1, -0.05) is 115 Å². The van der Waals surface area contributed by atoms with Crippen molar-refractivity contribution < 1.29 is 44.5 Å². The third-order valence-electron chi connectivity index (χ3n) is 7.52. The molecule has 0 aliphatic rings. The molecular weight excluding hydrogens is 560 g/mol. The van der Waals surface area contributed by atoms with Gasteiger partial charge in [-0.05, 0) is 97.2 Å². The Morgan fingerprint density at radius 3 is 1.33 bits per heavy atom. The maximum atomic E-state index is 10.1. The predicted octanol–water partition coefficient (Wildman–Crippen LogP) is 12.8. The van der Waals surface area contributed by atoms with Crippen LogP contribution in [-0.2, 0) is 0 Å². The zero-order chi connectivity index (χ0) is 52.8. The first kappa shape index (κ1) is 10.8. The van der Waals surface area contributed by atoms with Gasteiger partial charge in [-0.25, -0.2) is 0 Å². The summed E-state index contributed by atoms with van der Waals surface area (Å²) in [6, 6.07) is -23.3. The first-order valence-corrected chi connectivity index (χ1v) is 13.6. The van der Waals surface area contributed by atoms with Gasteiger partial charge in [0.05, 0.1) is 35.6 Å². The molecule has 0 N–H and O–H groups in total. The molecule has 2 heterocycles. The number of hydrogen-bond acceptors (Lipinski definition) is 2. The lowest BCUT2D eigenvalue weighted by atomic mass is 9.84. The molecule has 0 saturated heterocycles. The molecule has 2 aromatic heterocycles. The minimum absolute atomic E-state index is 0.425. The molecule has 10 rings (SSSR count). The van der Waals surface area contributed by atoms with Crippen LogP contribution in [0.25, 0.3) is 98.8 Å². The van der Waals surface area contributed by atoms with Gasteiger partial charge >= 0.3 is 0 Å². The summed E-state index contributed by atoms with van der Waals surface area (Å²) in [4.78, 5) is 0. The summed E-state index contributed by atoms with van der Waals surface area (Å²) in [6.45, 7) is 0. The molecule has 0 unspecified atom stereocenters. The highest BCUT2D eigenvalue weighted by molar-refractivity contribution is 6.22. The van der Waals surface area contributed by atoms with Gasteiger partial charge in [0.15, 0.2) is 0 Å². The molecule has 0 bridgehead atoms. The average molecular weight is 613 g/mol. The van der Waals surface area contributed by atoms with Crippen molar-refractivity contribution in [3.63, 3.8) is 0 Å². The van der Waals surface area contributed by atoms with Gasteiger partial charge in [0, 0.05) is 21.5 Å².